The molecule has 0 radical (unpaired) electrons. The molecule has 2 aromatic heterocycles. The van der Waals surface area contributed by atoms with E-state index in [1.165, 1.54) is 4.57 Å². The number of rotatable bonds is 2. The van der Waals surface area contributed by atoms with Gasteiger partial charge in [0.25, 0.3) is 11.5 Å². The molecule has 1 N–H and O–H groups in total. The summed E-state index contributed by atoms with van der Waals surface area (Å²) in [6.07, 6.45) is 1.61. The number of fused-ring (bicyclic) bond motifs is 1. The third-order valence-electron chi connectivity index (χ3n) is 3.66. The topological polar surface area (TPSA) is 64.0 Å². The van der Waals surface area contributed by atoms with Crippen LogP contribution in [-0.4, -0.2) is 15.5 Å². The van der Waals surface area contributed by atoms with Crippen molar-refractivity contribution in [2.24, 2.45) is 7.05 Å². The van der Waals surface area contributed by atoms with Crippen LogP contribution in [-0.2, 0) is 7.05 Å². The van der Waals surface area contributed by atoms with Gasteiger partial charge in [0, 0.05) is 29.3 Å². The second-order valence-corrected chi connectivity index (χ2v) is 5.69. The number of carbonyl (C=O) groups excluding carboxylic acids is 1. The maximum atomic E-state index is 12.5. The van der Waals surface area contributed by atoms with E-state index in [-0.39, 0.29) is 5.56 Å². The second kappa shape index (κ2) is 5.85. The van der Waals surface area contributed by atoms with Gasteiger partial charge in [-0.15, -0.1) is 0 Å². The van der Waals surface area contributed by atoms with E-state index >= 15 is 0 Å². The lowest BCUT2D eigenvalue weighted by molar-refractivity contribution is 0.102. The molecule has 0 aliphatic heterocycles. The highest BCUT2D eigenvalue weighted by Gasteiger charge is 2.15. The van der Waals surface area contributed by atoms with Crippen molar-refractivity contribution in [2.45, 2.75) is 6.92 Å². The van der Waals surface area contributed by atoms with Crippen molar-refractivity contribution in [1.82, 2.24) is 9.55 Å². The van der Waals surface area contributed by atoms with E-state index in [1.54, 1.807) is 43.6 Å². The molecular weight excluding hydrogens is 314 g/mol. The van der Waals surface area contributed by atoms with E-state index in [0.29, 0.717) is 16.4 Å². The van der Waals surface area contributed by atoms with Crippen LogP contribution in [0.25, 0.3) is 11.0 Å². The van der Waals surface area contributed by atoms with Gasteiger partial charge in [-0.05, 0) is 42.8 Å². The molecule has 0 saturated heterocycles. The summed E-state index contributed by atoms with van der Waals surface area (Å²) in [6.45, 7) is 1.86. The van der Waals surface area contributed by atoms with E-state index in [2.05, 4.69) is 10.3 Å². The molecule has 1 aromatic carbocycles. The van der Waals surface area contributed by atoms with Gasteiger partial charge in [-0.2, -0.15) is 0 Å². The zero-order valence-corrected chi connectivity index (χ0v) is 13.4. The molecule has 5 nitrogen and oxygen atoms in total. The lowest BCUT2D eigenvalue weighted by Gasteiger charge is -2.10. The summed E-state index contributed by atoms with van der Waals surface area (Å²) in [6, 6.07) is 10.3. The van der Waals surface area contributed by atoms with Crippen LogP contribution in [0.1, 0.15) is 15.9 Å². The van der Waals surface area contributed by atoms with Crippen molar-refractivity contribution < 1.29 is 4.79 Å². The first-order chi connectivity index (χ1) is 11.0. The Bertz CT molecular complexity index is 979. The Labute approximate surface area is 137 Å². The number of benzene rings is 1. The summed E-state index contributed by atoms with van der Waals surface area (Å²) in [4.78, 5) is 29.1. The fraction of sp³-hybridized carbons (Fsp3) is 0.118. The summed E-state index contributed by atoms with van der Waals surface area (Å²) in [5, 5.41) is 3.98. The number of pyridine rings is 2. The molecular formula is C17H14ClN3O2. The number of aromatic nitrogens is 2. The molecule has 0 fully saturated rings. The summed E-state index contributed by atoms with van der Waals surface area (Å²) >= 11 is 5.96. The maximum absolute atomic E-state index is 12.5. The molecule has 3 aromatic rings. The number of nitrogens with one attached hydrogen (secondary N) is 1. The van der Waals surface area contributed by atoms with Crippen molar-refractivity contribution >= 4 is 34.2 Å². The standard InChI is InChI=1S/C17H14ClN3O2/c1-10-5-6-12(18)9-14(10)20-16(22)13-8-11-4-3-7-19-15(11)21(2)17(13)23/h3-9H,1-2H3,(H,20,22). The lowest BCUT2D eigenvalue weighted by atomic mass is 10.1. The van der Waals surface area contributed by atoms with E-state index < -0.39 is 11.5 Å². The molecule has 0 unspecified atom stereocenters. The quantitative estimate of drug-likeness (QED) is 0.786. The van der Waals surface area contributed by atoms with Gasteiger partial charge >= 0.3 is 0 Å². The highest BCUT2D eigenvalue weighted by atomic mass is 35.5. The number of amides is 1. The van der Waals surface area contributed by atoms with Crippen LogP contribution < -0.4 is 10.9 Å². The van der Waals surface area contributed by atoms with Crippen LogP contribution in [0.15, 0.2) is 47.4 Å². The normalized spacial score (nSPS) is 10.7. The van der Waals surface area contributed by atoms with Crippen LogP contribution in [0.3, 0.4) is 0 Å². The highest BCUT2D eigenvalue weighted by molar-refractivity contribution is 6.31. The Morgan fingerprint density at radius 3 is 2.83 bits per heavy atom. The number of hydrogen-bond donors (Lipinski definition) is 1. The first-order valence-electron chi connectivity index (χ1n) is 6.99. The van der Waals surface area contributed by atoms with Crippen LogP contribution >= 0.6 is 11.6 Å². The summed E-state index contributed by atoms with van der Waals surface area (Å²) < 4.78 is 1.37. The van der Waals surface area contributed by atoms with Gasteiger partial charge in [0.1, 0.15) is 11.2 Å². The molecule has 116 valence electrons. The first kappa shape index (κ1) is 15.2. The molecule has 3 rings (SSSR count). The minimum atomic E-state index is -0.471. The SMILES string of the molecule is Cc1ccc(Cl)cc1NC(=O)c1cc2cccnc2n(C)c1=O. The van der Waals surface area contributed by atoms with E-state index in [1.807, 2.05) is 13.0 Å². The molecule has 0 atom stereocenters. The minimum Gasteiger partial charge on any atom is -0.322 e. The molecule has 0 bridgehead atoms. The number of halogens is 1. The molecule has 0 aliphatic rings. The number of nitrogens with zero attached hydrogens (tertiary/aromatic N) is 2. The molecule has 0 aliphatic carbocycles. The van der Waals surface area contributed by atoms with E-state index in [9.17, 15) is 9.59 Å². The third-order valence-corrected chi connectivity index (χ3v) is 3.90. The fourth-order valence-electron chi connectivity index (χ4n) is 2.38. The Hall–Kier alpha value is -2.66. The predicted octanol–water partition coefficient (Wildman–Crippen LogP) is 3.15. The Morgan fingerprint density at radius 1 is 1.26 bits per heavy atom. The highest BCUT2D eigenvalue weighted by Crippen LogP contribution is 2.21. The average molecular weight is 328 g/mol. The molecule has 0 saturated carbocycles. The summed E-state index contributed by atoms with van der Waals surface area (Å²) in [7, 11) is 1.60. The average Bonchev–Trinajstić information content (AvgIpc) is 2.54. The molecule has 0 spiro atoms. The van der Waals surface area contributed by atoms with Crippen molar-refractivity contribution in [3.05, 3.63) is 69.1 Å². The van der Waals surface area contributed by atoms with Gasteiger partial charge < -0.3 is 5.32 Å². The fourth-order valence-corrected chi connectivity index (χ4v) is 2.55. The number of aryl methyl sites for hydroxylation is 2. The predicted molar refractivity (Wildman–Crippen MR) is 91.1 cm³/mol. The maximum Gasteiger partial charge on any atom is 0.264 e. The van der Waals surface area contributed by atoms with Crippen LogP contribution in [0.5, 0.6) is 0 Å². The number of anilines is 1. The summed E-state index contributed by atoms with van der Waals surface area (Å²) in [5.74, 6) is -0.471. The molecule has 1 amide bonds. The van der Waals surface area contributed by atoms with Crippen molar-refractivity contribution in [1.29, 1.82) is 0 Å². The van der Waals surface area contributed by atoms with Gasteiger partial charge in [-0.1, -0.05) is 17.7 Å². The van der Waals surface area contributed by atoms with Crippen LogP contribution in [0, 0.1) is 6.92 Å². The monoisotopic (exact) mass is 327 g/mol. The molecule has 2 heterocycles. The largest absolute Gasteiger partial charge is 0.322 e. The zero-order chi connectivity index (χ0) is 16.6. The van der Waals surface area contributed by atoms with Gasteiger partial charge in [-0.3, -0.25) is 14.2 Å². The van der Waals surface area contributed by atoms with Gasteiger partial charge in [0.2, 0.25) is 0 Å². The number of hydrogen-bond acceptors (Lipinski definition) is 3. The second-order valence-electron chi connectivity index (χ2n) is 5.25. The van der Waals surface area contributed by atoms with Crippen molar-refractivity contribution in [3.8, 4) is 0 Å². The van der Waals surface area contributed by atoms with Crippen molar-refractivity contribution in [2.75, 3.05) is 5.32 Å². The third kappa shape index (κ3) is 2.83. The Balaban J connectivity index is 2.06. The van der Waals surface area contributed by atoms with Crippen molar-refractivity contribution in [3.63, 3.8) is 0 Å². The minimum absolute atomic E-state index is 0.0624. The van der Waals surface area contributed by atoms with Gasteiger partial charge in [-0.25, -0.2) is 4.98 Å². The zero-order valence-electron chi connectivity index (χ0n) is 12.6. The van der Waals surface area contributed by atoms with Gasteiger partial charge in [0.15, 0.2) is 0 Å². The number of carbonyl (C=O) groups is 1. The smallest absolute Gasteiger partial charge is 0.264 e. The Morgan fingerprint density at radius 2 is 2.04 bits per heavy atom. The lowest BCUT2D eigenvalue weighted by Crippen LogP contribution is -2.28. The molecule has 6 heteroatoms. The van der Waals surface area contributed by atoms with Gasteiger partial charge in [0.05, 0.1) is 0 Å². The summed E-state index contributed by atoms with van der Waals surface area (Å²) in [5.41, 5.74) is 1.65. The van der Waals surface area contributed by atoms with Crippen LogP contribution in [0.2, 0.25) is 5.02 Å². The Kier molecular flexibility index (Phi) is 3.88. The van der Waals surface area contributed by atoms with E-state index in [0.717, 1.165) is 10.9 Å². The molecule has 23 heavy (non-hydrogen) atoms. The first-order valence-corrected chi connectivity index (χ1v) is 7.37. The van der Waals surface area contributed by atoms with Crippen LogP contribution in [0.4, 0.5) is 5.69 Å². The van der Waals surface area contributed by atoms with E-state index in [4.69, 9.17) is 11.6 Å².